The van der Waals surface area contributed by atoms with Gasteiger partial charge < -0.3 is 5.11 Å². The van der Waals surface area contributed by atoms with E-state index < -0.39 is 0 Å². The van der Waals surface area contributed by atoms with Crippen LogP contribution in [0.15, 0.2) is 23.7 Å². The lowest BCUT2D eigenvalue weighted by atomic mass is 9.77. The van der Waals surface area contributed by atoms with Crippen LogP contribution >= 0.6 is 11.3 Å². The summed E-state index contributed by atoms with van der Waals surface area (Å²) in [5.41, 5.74) is 4.35. The highest BCUT2D eigenvalue weighted by Crippen LogP contribution is 2.40. The normalized spacial score (nSPS) is 26.4. The van der Waals surface area contributed by atoms with Gasteiger partial charge in [-0.05, 0) is 30.4 Å². The van der Waals surface area contributed by atoms with Gasteiger partial charge in [0.25, 0.3) is 0 Å². The zero-order valence-electron chi connectivity index (χ0n) is 7.68. The Morgan fingerprint density at radius 3 is 3.00 bits per heavy atom. The molecular formula is C11H11NOS. The maximum absolute atomic E-state index is 9.29. The number of thiazole rings is 1. The van der Waals surface area contributed by atoms with Crippen molar-refractivity contribution in [3.05, 3.63) is 29.3 Å². The van der Waals surface area contributed by atoms with Crippen molar-refractivity contribution in [3.63, 3.8) is 0 Å². The summed E-state index contributed by atoms with van der Waals surface area (Å²) in [6.45, 7) is 0. The predicted molar refractivity (Wildman–Crippen MR) is 57.6 cm³/mol. The van der Waals surface area contributed by atoms with E-state index in [-0.39, 0.29) is 6.10 Å². The number of aliphatic hydroxyl groups is 1. The Labute approximate surface area is 86.2 Å². The molecule has 1 fully saturated rings. The summed E-state index contributed by atoms with van der Waals surface area (Å²) >= 11 is 1.70. The molecular weight excluding hydrogens is 194 g/mol. The van der Waals surface area contributed by atoms with E-state index in [1.165, 1.54) is 10.3 Å². The molecule has 1 aromatic heterocycles. The quantitative estimate of drug-likeness (QED) is 0.776. The van der Waals surface area contributed by atoms with Crippen LogP contribution in [-0.4, -0.2) is 16.2 Å². The number of benzene rings is 1. The van der Waals surface area contributed by atoms with Crippen molar-refractivity contribution in [2.24, 2.45) is 0 Å². The Balaban J connectivity index is 2.07. The second kappa shape index (κ2) is 3.04. The van der Waals surface area contributed by atoms with Gasteiger partial charge in [-0.2, -0.15) is 0 Å². The Kier molecular flexibility index (Phi) is 1.82. The average molecular weight is 205 g/mol. The molecule has 0 aliphatic heterocycles. The van der Waals surface area contributed by atoms with Gasteiger partial charge >= 0.3 is 0 Å². The highest BCUT2D eigenvalue weighted by molar-refractivity contribution is 7.16. The molecule has 0 atom stereocenters. The van der Waals surface area contributed by atoms with Crippen molar-refractivity contribution in [1.29, 1.82) is 0 Å². The smallest absolute Gasteiger partial charge is 0.0814 e. The molecule has 0 amide bonds. The molecule has 0 spiro atoms. The third-order valence-electron chi connectivity index (χ3n) is 2.94. The number of fused-ring (bicyclic) bond motifs is 1. The summed E-state index contributed by atoms with van der Waals surface area (Å²) in [5, 5.41) is 9.29. The lowest BCUT2D eigenvalue weighted by molar-refractivity contribution is 0.0752. The third-order valence-corrected chi connectivity index (χ3v) is 3.83. The first kappa shape index (κ1) is 8.38. The first-order valence-electron chi connectivity index (χ1n) is 4.85. The molecule has 1 heterocycles. The van der Waals surface area contributed by atoms with Crippen LogP contribution in [0.4, 0.5) is 0 Å². The lowest BCUT2D eigenvalue weighted by Gasteiger charge is -2.31. The van der Waals surface area contributed by atoms with E-state index in [1.54, 1.807) is 11.3 Å². The van der Waals surface area contributed by atoms with E-state index in [0.29, 0.717) is 5.92 Å². The molecule has 14 heavy (non-hydrogen) atoms. The van der Waals surface area contributed by atoms with Crippen LogP contribution in [0, 0.1) is 0 Å². The standard InChI is InChI=1S/C11H11NOS/c13-8-4-7(5-8)9-2-1-3-10-11(9)14-6-12-10/h1-3,6-8,13H,4-5H2. The fourth-order valence-corrected chi connectivity index (χ4v) is 2.96. The number of aromatic nitrogens is 1. The maximum atomic E-state index is 9.29. The van der Waals surface area contributed by atoms with Gasteiger partial charge in [-0.3, -0.25) is 0 Å². The van der Waals surface area contributed by atoms with Gasteiger partial charge in [0.1, 0.15) is 0 Å². The molecule has 0 unspecified atom stereocenters. The molecule has 1 aromatic carbocycles. The summed E-state index contributed by atoms with van der Waals surface area (Å²) in [6, 6.07) is 6.27. The number of hydrogen-bond donors (Lipinski definition) is 1. The minimum absolute atomic E-state index is 0.0804. The highest BCUT2D eigenvalue weighted by atomic mass is 32.1. The minimum Gasteiger partial charge on any atom is -0.393 e. The van der Waals surface area contributed by atoms with E-state index >= 15 is 0 Å². The van der Waals surface area contributed by atoms with E-state index in [1.807, 2.05) is 11.6 Å². The molecule has 3 heteroatoms. The second-order valence-corrected chi connectivity index (χ2v) is 4.72. The van der Waals surface area contributed by atoms with Gasteiger partial charge in [0, 0.05) is 0 Å². The zero-order chi connectivity index (χ0) is 9.54. The fraction of sp³-hybridized carbons (Fsp3) is 0.364. The summed E-state index contributed by atoms with van der Waals surface area (Å²) < 4.78 is 1.30. The summed E-state index contributed by atoms with van der Waals surface area (Å²) in [6.07, 6.45) is 1.75. The third kappa shape index (κ3) is 1.16. The topological polar surface area (TPSA) is 33.1 Å². The minimum atomic E-state index is -0.0804. The lowest BCUT2D eigenvalue weighted by Crippen LogP contribution is -2.26. The molecule has 0 saturated heterocycles. The molecule has 72 valence electrons. The van der Waals surface area contributed by atoms with Crippen LogP contribution in [-0.2, 0) is 0 Å². The number of aliphatic hydroxyl groups excluding tert-OH is 1. The van der Waals surface area contributed by atoms with Gasteiger partial charge in [-0.25, -0.2) is 4.98 Å². The van der Waals surface area contributed by atoms with Gasteiger partial charge in [0.05, 0.1) is 21.8 Å². The summed E-state index contributed by atoms with van der Waals surface area (Å²) in [7, 11) is 0. The van der Waals surface area contributed by atoms with Crippen molar-refractivity contribution >= 4 is 21.6 Å². The van der Waals surface area contributed by atoms with Crippen LogP contribution < -0.4 is 0 Å². The summed E-state index contributed by atoms with van der Waals surface area (Å²) in [4.78, 5) is 4.30. The van der Waals surface area contributed by atoms with Crippen molar-refractivity contribution in [1.82, 2.24) is 4.98 Å². The molecule has 0 radical (unpaired) electrons. The molecule has 2 nitrogen and oxygen atoms in total. The SMILES string of the molecule is OC1CC(c2cccc3ncsc23)C1. The van der Waals surface area contributed by atoms with Crippen molar-refractivity contribution < 1.29 is 5.11 Å². The zero-order valence-corrected chi connectivity index (χ0v) is 8.50. The number of hydrogen-bond acceptors (Lipinski definition) is 3. The molecule has 1 N–H and O–H groups in total. The monoisotopic (exact) mass is 205 g/mol. The Morgan fingerprint density at radius 2 is 2.21 bits per heavy atom. The molecule has 3 rings (SSSR count). The van der Waals surface area contributed by atoms with Crippen molar-refractivity contribution in [2.75, 3.05) is 0 Å². The Morgan fingerprint density at radius 1 is 1.36 bits per heavy atom. The first-order chi connectivity index (χ1) is 6.84. The van der Waals surface area contributed by atoms with E-state index in [0.717, 1.165) is 18.4 Å². The second-order valence-electron chi connectivity index (χ2n) is 3.87. The molecule has 0 bridgehead atoms. The van der Waals surface area contributed by atoms with Crippen LogP contribution in [0.1, 0.15) is 24.3 Å². The van der Waals surface area contributed by atoms with Crippen LogP contribution in [0.5, 0.6) is 0 Å². The maximum Gasteiger partial charge on any atom is 0.0814 e. The molecule has 1 saturated carbocycles. The van der Waals surface area contributed by atoms with Gasteiger partial charge in [0.2, 0.25) is 0 Å². The number of rotatable bonds is 1. The fourth-order valence-electron chi connectivity index (χ4n) is 2.07. The van der Waals surface area contributed by atoms with Gasteiger partial charge in [-0.1, -0.05) is 12.1 Å². The van der Waals surface area contributed by atoms with Crippen LogP contribution in [0.3, 0.4) is 0 Å². The molecule has 2 aromatic rings. The summed E-state index contributed by atoms with van der Waals surface area (Å²) in [5.74, 6) is 0.550. The molecule has 1 aliphatic carbocycles. The Bertz CT molecular complexity index is 459. The highest BCUT2D eigenvalue weighted by Gasteiger charge is 2.29. The van der Waals surface area contributed by atoms with E-state index in [4.69, 9.17) is 0 Å². The van der Waals surface area contributed by atoms with E-state index in [2.05, 4.69) is 17.1 Å². The van der Waals surface area contributed by atoms with Crippen molar-refractivity contribution in [2.45, 2.75) is 24.9 Å². The van der Waals surface area contributed by atoms with Crippen LogP contribution in [0.25, 0.3) is 10.2 Å². The van der Waals surface area contributed by atoms with E-state index in [9.17, 15) is 5.11 Å². The van der Waals surface area contributed by atoms with Crippen molar-refractivity contribution in [3.8, 4) is 0 Å². The first-order valence-corrected chi connectivity index (χ1v) is 5.73. The van der Waals surface area contributed by atoms with Gasteiger partial charge in [-0.15, -0.1) is 11.3 Å². The predicted octanol–water partition coefficient (Wildman–Crippen LogP) is 2.53. The average Bonchev–Trinajstić information content (AvgIpc) is 2.60. The number of nitrogens with zero attached hydrogens (tertiary/aromatic N) is 1. The van der Waals surface area contributed by atoms with Crippen LogP contribution in [0.2, 0.25) is 0 Å². The Hall–Kier alpha value is -0.930. The molecule has 1 aliphatic rings. The largest absolute Gasteiger partial charge is 0.393 e. The van der Waals surface area contributed by atoms with Gasteiger partial charge in [0.15, 0.2) is 0 Å².